The van der Waals surface area contributed by atoms with Crippen molar-refractivity contribution in [3.8, 4) is 6.07 Å². The molecular formula is C24H29N3O. The largest absolute Gasteiger partial charge is 0.369 e. The topological polar surface area (TPSA) is 56.1 Å². The second-order valence-corrected chi connectivity index (χ2v) is 7.02. The third kappa shape index (κ3) is 5.47. The van der Waals surface area contributed by atoms with E-state index in [-0.39, 0.29) is 17.5 Å². The lowest BCUT2D eigenvalue weighted by Gasteiger charge is -2.25. The summed E-state index contributed by atoms with van der Waals surface area (Å²) in [5.41, 5.74) is 4.23. The number of carbonyl (C=O) groups excluding carboxylic acids is 1. The first-order valence-corrected chi connectivity index (χ1v) is 9.83. The molecule has 2 aromatic rings. The molecule has 28 heavy (non-hydrogen) atoms. The molecule has 0 unspecified atom stereocenters. The summed E-state index contributed by atoms with van der Waals surface area (Å²) in [5.74, 6) is -0.364. The zero-order valence-electron chi connectivity index (χ0n) is 17.2. The number of aryl methyl sites for hydroxylation is 2. The molecular weight excluding hydrogens is 346 g/mol. The number of hydrogen-bond donors (Lipinski definition) is 1. The van der Waals surface area contributed by atoms with Crippen LogP contribution in [-0.4, -0.2) is 16.8 Å². The summed E-state index contributed by atoms with van der Waals surface area (Å²) in [6, 6.07) is 18.3. The molecule has 146 valence electrons. The van der Waals surface area contributed by atoms with E-state index >= 15 is 0 Å². The smallest absolute Gasteiger partial charge is 0.267 e. The van der Waals surface area contributed by atoms with Gasteiger partial charge in [-0.3, -0.25) is 4.79 Å². The third-order valence-electron chi connectivity index (χ3n) is 4.77. The lowest BCUT2D eigenvalue weighted by molar-refractivity contribution is -0.112. The Balaban J connectivity index is 2.28. The Kier molecular flexibility index (Phi) is 7.83. The number of amides is 1. The van der Waals surface area contributed by atoms with E-state index in [2.05, 4.69) is 25.2 Å². The van der Waals surface area contributed by atoms with E-state index in [1.54, 1.807) is 6.20 Å². The molecule has 0 saturated heterocycles. The molecule has 0 fully saturated rings. The van der Waals surface area contributed by atoms with Gasteiger partial charge in [-0.15, -0.1) is 0 Å². The zero-order chi connectivity index (χ0) is 20.5. The maximum Gasteiger partial charge on any atom is 0.267 e. The summed E-state index contributed by atoms with van der Waals surface area (Å²) in [6.45, 7) is 8.86. The number of nitrogens with one attached hydrogen (secondary N) is 1. The van der Waals surface area contributed by atoms with Crippen molar-refractivity contribution in [1.82, 2.24) is 4.90 Å². The van der Waals surface area contributed by atoms with Crippen LogP contribution >= 0.6 is 0 Å². The first-order valence-electron chi connectivity index (χ1n) is 9.83. The van der Waals surface area contributed by atoms with Crippen molar-refractivity contribution in [3.63, 3.8) is 0 Å². The first kappa shape index (κ1) is 21.2. The Hall–Kier alpha value is -3.06. The van der Waals surface area contributed by atoms with Crippen LogP contribution in [0.3, 0.4) is 0 Å². The molecule has 2 rings (SSSR count). The summed E-state index contributed by atoms with van der Waals surface area (Å²) in [7, 11) is 0. The molecule has 0 atom stereocenters. The quantitative estimate of drug-likeness (QED) is 0.518. The average molecular weight is 376 g/mol. The van der Waals surface area contributed by atoms with E-state index in [4.69, 9.17) is 0 Å². The molecule has 0 aliphatic rings. The zero-order valence-corrected chi connectivity index (χ0v) is 17.2. The van der Waals surface area contributed by atoms with Crippen molar-refractivity contribution in [2.45, 2.75) is 53.1 Å². The van der Waals surface area contributed by atoms with Crippen LogP contribution in [-0.2, 0) is 24.2 Å². The van der Waals surface area contributed by atoms with Crippen molar-refractivity contribution in [2.75, 3.05) is 5.32 Å². The number of rotatable bonds is 8. The predicted molar refractivity (Wildman–Crippen MR) is 115 cm³/mol. The normalized spacial score (nSPS) is 11.2. The van der Waals surface area contributed by atoms with Crippen molar-refractivity contribution in [3.05, 3.63) is 77.0 Å². The predicted octanol–water partition coefficient (Wildman–Crippen LogP) is 5.07. The van der Waals surface area contributed by atoms with E-state index in [1.165, 1.54) is 0 Å². The van der Waals surface area contributed by atoms with Gasteiger partial charge in [0.15, 0.2) is 0 Å². The van der Waals surface area contributed by atoms with Gasteiger partial charge in [-0.2, -0.15) is 5.26 Å². The van der Waals surface area contributed by atoms with E-state index in [9.17, 15) is 10.1 Å². The Bertz CT molecular complexity index is 841. The number of anilines is 1. The molecule has 0 heterocycles. The van der Waals surface area contributed by atoms with Crippen LogP contribution in [0.25, 0.3) is 0 Å². The van der Waals surface area contributed by atoms with Gasteiger partial charge < -0.3 is 10.2 Å². The minimum atomic E-state index is -0.364. The Morgan fingerprint density at radius 3 is 2.18 bits per heavy atom. The van der Waals surface area contributed by atoms with Gasteiger partial charge in [0.1, 0.15) is 11.6 Å². The fourth-order valence-corrected chi connectivity index (χ4v) is 3.06. The molecule has 4 heteroatoms. The lowest BCUT2D eigenvalue weighted by atomic mass is 10.0. The third-order valence-corrected chi connectivity index (χ3v) is 4.77. The van der Waals surface area contributed by atoms with Crippen LogP contribution < -0.4 is 5.32 Å². The van der Waals surface area contributed by atoms with Gasteiger partial charge in [-0.1, -0.05) is 62.4 Å². The molecule has 0 aromatic heterocycles. The van der Waals surface area contributed by atoms with Crippen molar-refractivity contribution in [1.29, 1.82) is 5.26 Å². The van der Waals surface area contributed by atoms with Crippen molar-refractivity contribution < 1.29 is 4.79 Å². The molecule has 0 saturated carbocycles. The molecule has 2 aromatic carbocycles. The number of benzene rings is 2. The molecule has 0 aliphatic carbocycles. The van der Waals surface area contributed by atoms with Crippen LogP contribution in [0.2, 0.25) is 0 Å². The minimum Gasteiger partial charge on any atom is -0.369 e. The summed E-state index contributed by atoms with van der Waals surface area (Å²) in [6.07, 6.45) is 3.32. The summed E-state index contributed by atoms with van der Waals surface area (Å²) in [4.78, 5) is 14.9. The highest BCUT2D eigenvalue weighted by Gasteiger charge is 2.16. The monoisotopic (exact) mass is 375 g/mol. The highest BCUT2D eigenvalue weighted by molar-refractivity contribution is 6.07. The second kappa shape index (κ2) is 10.3. The van der Waals surface area contributed by atoms with Crippen LogP contribution in [0, 0.1) is 11.3 Å². The summed E-state index contributed by atoms with van der Waals surface area (Å²) >= 11 is 0. The standard InChI is InChI=1S/C24H29N3O/c1-5-20-13-10-14-21(6-2)23(20)26-24(28)22(15-25)17-27(18(3)4)16-19-11-8-7-9-12-19/h7-14,17-18H,5-6,16H2,1-4H3,(H,26,28)/b22-17-. The number of nitriles is 1. The van der Waals surface area contributed by atoms with Gasteiger partial charge in [0, 0.05) is 24.5 Å². The van der Waals surface area contributed by atoms with Crippen LogP contribution in [0.4, 0.5) is 5.69 Å². The van der Waals surface area contributed by atoms with Gasteiger partial charge >= 0.3 is 0 Å². The van der Waals surface area contributed by atoms with E-state index < -0.39 is 0 Å². The maximum atomic E-state index is 12.9. The van der Waals surface area contributed by atoms with Crippen LogP contribution in [0.1, 0.15) is 44.4 Å². The highest BCUT2D eigenvalue weighted by Crippen LogP contribution is 2.23. The fourth-order valence-electron chi connectivity index (χ4n) is 3.06. The van der Waals surface area contributed by atoms with E-state index in [0.29, 0.717) is 6.54 Å². The summed E-state index contributed by atoms with van der Waals surface area (Å²) < 4.78 is 0. The molecule has 0 spiro atoms. The minimum absolute atomic E-state index is 0.109. The Labute approximate surface area is 168 Å². The number of para-hydroxylation sites is 1. The Morgan fingerprint density at radius 1 is 1.07 bits per heavy atom. The maximum absolute atomic E-state index is 12.9. The number of nitrogens with zero attached hydrogens (tertiary/aromatic N) is 2. The van der Waals surface area contributed by atoms with Gasteiger partial charge in [0.25, 0.3) is 5.91 Å². The number of hydrogen-bond acceptors (Lipinski definition) is 3. The average Bonchev–Trinajstić information content (AvgIpc) is 2.71. The molecule has 4 nitrogen and oxygen atoms in total. The summed E-state index contributed by atoms with van der Waals surface area (Å²) in [5, 5.41) is 12.6. The highest BCUT2D eigenvalue weighted by atomic mass is 16.1. The SMILES string of the molecule is CCc1cccc(CC)c1NC(=O)/C(C#N)=C\N(Cc1ccccc1)C(C)C. The fraction of sp³-hybridized carbons (Fsp3) is 0.333. The van der Waals surface area contributed by atoms with Crippen LogP contribution in [0.15, 0.2) is 60.3 Å². The van der Waals surface area contributed by atoms with Gasteiger partial charge in [-0.25, -0.2) is 0 Å². The molecule has 0 aliphatic heterocycles. The lowest BCUT2D eigenvalue weighted by Crippen LogP contribution is -2.27. The molecule has 1 N–H and O–H groups in total. The van der Waals surface area contributed by atoms with Gasteiger partial charge in [0.05, 0.1) is 0 Å². The van der Waals surface area contributed by atoms with Crippen LogP contribution in [0.5, 0.6) is 0 Å². The second-order valence-electron chi connectivity index (χ2n) is 7.02. The molecule has 0 radical (unpaired) electrons. The van der Waals surface area contributed by atoms with Gasteiger partial charge in [-0.05, 0) is 43.4 Å². The van der Waals surface area contributed by atoms with Crippen molar-refractivity contribution in [2.24, 2.45) is 0 Å². The van der Waals surface area contributed by atoms with E-state index in [1.807, 2.05) is 67.3 Å². The number of carbonyl (C=O) groups is 1. The van der Waals surface area contributed by atoms with Gasteiger partial charge in [0.2, 0.25) is 0 Å². The molecule has 0 bridgehead atoms. The Morgan fingerprint density at radius 2 is 1.68 bits per heavy atom. The van der Waals surface area contributed by atoms with E-state index in [0.717, 1.165) is 35.2 Å². The first-order chi connectivity index (χ1) is 13.5. The van der Waals surface area contributed by atoms with Crippen molar-refractivity contribution >= 4 is 11.6 Å². The molecule has 1 amide bonds.